The van der Waals surface area contributed by atoms with E-state index in [9.17, 15) is 79.2 Å². The Labute approximate surface area is 403 Å². The normalized spacial score (nSPS) is 29.1. The maximum atomic E-state index is 13.9. The van der Waals surface area contributed by atoms with Crippen LogP contribution in [0.1, 0.15) is 45.5 Å². The van der Waals surface area contributed by atoms with Crippen LogP contribution < -0.4 is 16.2 Å². The third-order valence-electron chi connectivity index (χ3n) is 14.9. The highest BCUT2D eigenvalue weighted by Gasteiger charge is 2.66. The number of ketones is 4. The summed E-state index contributed by atoms with van der Waals surface area (Å²) in [5.41, 5.74) is 3.52. The van der Waals surface area contributed by atoms with E-state index in [4.69, 9.17) is 16.2 Å². The van der Waals surface area contributed by atoms with Gasteiger partial charge in [-0.15, -0.1) is 0 Å². The Morgan fingerprint density at radius 1 is 0.690 bits per heavy atom. The third kappa shape index (κ3) is 7.28. The van der Waals surface area contributed by atoms with Crippen LogP contribution in [-0.2, 0) is 51.1 Å². The minimum atomic E-state index is -2.71. The van der Waals surface area contributed by atoms with Crippen molar-refractivity contribution in [3.8, 4) is 17.2 Å². The van der Waals surface area contributed by atoms with E-state index in [-0.39, 0.29) is 65.7 Å². The summed E-state index contributed by atoms with van der Waals surface area (Å²) in [6.45, 7) is 1.45. The van der Waals surface area contributed by atoms with Crippen LogP contribution in [0.25, 0.3) is 11.5 Å². The van der Waals surface area contributed by atoms with Crippen molar-refractivity contribution < 1.29 is 88.7 Å². The summed E-state index contributed by atoms with van der Waals surface area (Å²) < 4.78 is 9.95. The fourth-order valence-corrected chi connectivity index (χ4v) is 11.7. The minimum Gasteiger partial charge on any atom is -0.508 e. The molecule has 1 aliphatic heterocycles. The molecule has 0 radical (unpaired) electrons. The number of carbonyl (C=O) groups excluding carboxylic acids is 8. The Morgan fingerprint density at radius 3 is 1.52 bits per heavy atom. The zero-order chi connectivity index (χ0) is 52.1. The van der Waals surface area contributed by atoms with Crippen LogP contribution in [-0.4, -0.2) is 181 Å². The van der Waals surface area contributed by atoms with Gasteiger partial charge in [0, 0.05) is 36.1 Å². The Balaban J connectivity index is 0.000000192. The number of aliphatic hydroxyl groups excluding tert-OH is 4. The number of ether oxygens (including phenoxy) is 2. The molecule has 2 aromatic carbocycles. The van der Waals surface area contributed by atoms with Crippen LogP contribution in [0.3, 0.4) is 0 Å². The van der Waals surface area contributed by atoms with Crippen LogP contribution in [0.15, 0.2) is 58.1 Å². The summed E-state index contributed by atoms with van der Waals surface area (Å²) in [5, 5.41) is 88.6. The number of aromatic hydroxyl groups is 2. The maximum absolute atomic E-state index is 13.9. The van der Waals surface area contributed by atoms with Gasteiger partial charge in [0.15, 0.2) is 34.3 Å². The number of Topliss-reactive ketones (excluding diaryl/α,β-unsaturated/α-hetero) is 4. The highest BCUT2D eigenvalue weighted by Crippen LogP contribution is 2.55. The lowest BCUT2D eigenvalue weighted by atomic mass is 9.57. The summed E-state index contributed by atoms with van der Waals surface area (Å²) in [5.74, 6) is -15.4. The van der Waals surface area contributed by atoms with Gasteiger partial charge in [-0.05, 0) is 89.0 Å². The standard InChI is InChI=1S/C26H29N3O9.C22H22N2O9/c1-28(2)18-14-10-12-9-11-3-4-13(25(36)29-5-7-38-8-6-29)19(30)15(11)20(31)16(12)22(33)26(14,37)23(34)17(21(18)32)24(27)35;1-24(2)15-10-6-9-5-8-3-4-11(33-7-25)16(26)12(8)17(27)13(9)19(29)22(10,32)20(30)14(18(15)28)21(23)31/h3-4,12,14,18,30-31,34,37H,5-10H2,1-2H3,(H2,27,35);3-4,7,9-10,15,26-27,30,32H,5-6H2,1-2H3,(H2,23,31)/t12-,14-,18-,26-;9-,10-,15-,22-/m00/s1. The Kier molecular flexibility index (Phi) is 12.5. The van der Waals surface area contributed by atoms with Gasteiger partial charge in [0.05, 0.1) is 42.0 Å². The number of primary amides is 2. The molecule has 0 aromatic heterocycles. The van der Waals surface area contributed by atoms with E-state index in [0.29, 0.717) is 37.4 Å². The van der Waals surface area contributed by atoms with E-state index in [1.165, 1.54) is 47.0 Å². The van der Waals surface area contributed by atoms with Gasteiger partial charge in [0.1, 0.15) is 39.9 Å². The lowest BCUT2D eigenvalue weighted by Gasteiger charge is -2.50. The molecule has 12 N–H and O–H groups in total. The Hall–Kier alpha value is -7.44. The molecule has 7 aliphatic rings. The third-order valence-corrected chi connectivity index (χ3v) is 14.9. The molecule has 376 valence electrons. The second-order valence-electron chi connectivity index (χ2n) is 19.0. The number of nitrogens with two attached hydrogens (primary N) is 2. The molecule has 3 fully saturated rings. The van der Waals surface area contributed by atoms with Crippen molar-refractivity contribution in [2.24, 2.45) is 35.1 Å². The summed E-state index contributed by atoms with van der Waals surface area (Å²) >= 11 is 0. The molecule has 9 rings (SSSR count). The second-order valence-corrected chi connectivity index (χ2v) is 19.0. The number of nitrogens with zero attached hydrogens (tertiary/aromatic N) is 3. The van der Waals surface area contributed by atoms with Gasteiger partial charge in [-0.2, -0.15) is 0 Å². The summed E-state index contributed by atoms with van der Waals surface area (Å²) in [6, 6.07) is 3.63. The molecular formula is C48H51N5O18. The van der Waals surface area contributed by atoms with E-state index in [2.05, 4.69) is 4.74 Å². The number of benzene rings is 2. The van der Waals surface area contributed by atoms with Crippen molar-refractivity contribution in [3.05, 3.63) is 85.9 Å². The summed E-state index contributed by atoms with van der Waals surface area (Å²) in [7, 11) is 6.14. The fraction of sp³-hybridized carbons (Fsp3) is 0.417. The number of fused-ring (bicyclic) bond motifs is 6. The van der Waals surface area contributed by atoms with Crippen molar-refractivity contribution in [3.63, 3.8) is 0 Å². The molecule has 1 heterocycles. The predicted molar refractivity (Wildman–Crippen MR) is 242 cm³/mol. The van der Waals surface area contributed by atoms with Gasteiger partial charge < -0.3 is 66.7 Å². The summed E-state index contributed by atoms with van der Waals surface area (Å²) in [6.07, 6.45) is 0.317. The number of amides is 3. The molecule has 23 nitrogen and oxygen atoms in total. The first-order chi connectivity index (χ1) is 33.4. The molecule has 0 unspecified atom stereocenters. The number of morpholine rings is 1. The molecule has 23 heteroatoms. The van der Waals surface area contributed by atoms with E-state index >= 15 is 0 Å². The highest BCUT2D eigenvalue weighted by molar-refractivity contribution is 6.25. The van der Waals surface area contributed by atoms with Gasteiger partial charge in [-0.25, -0.2) is 0 Å². The zero-order valence-corrected chi connectivity index (χ0v) is 38.7. The predicted octanol–water partition coefficient (Wildman–Crippen LogP) is -1.06. The number of phenols is 2. The van der Waals surface area contributed by atoms with Crippen LogP contribution >= 0.6 is 0 Å². The van der Waals surface area contributed by atoms with Crippen LogP contribution in [0, 0.1) is 23.7 Å². The largest absolute Gasteiger partial charge is 0.508 e. The second kappa shape index (κ2) is 17.8. The molecule has 8 atom stereocenters. The molecule has 71 heavy (non-hydrogen) atoms. The quantitative estimate of drug-likeness (QED) is 0.117. The Bertz CT molecular complexity index is 2910. The van der Waals surface area contributed by atoms with Crippen molar-refractivity contribution in [1.82, 2.24) is 14.7 Å². The first-order valence-corrected chi connectivity index (χ1v) is 22.3. The van der Waals surface area contributed by atoms with Crippen LogP contribution in [0.5, 0.6) is 17.2 Å². The molecule has 2 saturated carbocycles. The van der Waals surface area contributed by atoms with E-state index in [0.717, 1.165) is 0 Å². The molecule has 2 aromatic rings. The van der Waals surface area contributed by atoms with Gasteiger partial charge in [0.2, 0.25) is 11.6 Å². The van der Waals surface area contributed by atoms with Gasteiger partial charge in [0.25, 0.3) is 24.2 Å². The molecule has 1 saturated heterocycles. The number of hydrogen-bond donors (Lipinski definition) is 10. The summed E-state index contributed by atoms with van der Waals surface area (Å²) in [4.78, 5) is 106. The SMILES string of the molecule is CN(C)[C@@H]1C(=O)C(C(N)=O)=C(O)[C@@]2(O)C(=O)C3=C(O)c4c(ccc(C(=O)N5CCOCC5)c4O)C[C@H]3C[C@@H]12.CN(C)[C@@H]1C(=O)C(C(N)=O)=C(O)[C@@]2(O)C(=O)C3=C(O)c4c(ccc(OC=O)c4O)C[C@H]3C[C@@H]12. The van der Waals surface area contributed by atoms with Crippen molar-refractivity contribution >= 4 is 58.8 Å². The van der Waals surface area contributed by atoms with Gasteiger partial charge >= 0.3 is 0 Å². The van der Waals surface area contributed by atoms with Crippen LogP contribution in [0.4, 0.5) is 0 Å². The van der Waals surface area contributed by atoms with Gasteiger partial charge in [-0.3, -0.25) is 48.2 Å². The number of likely N-dealkylation sites (N-methyl/N-ethyl adjacent to an activating group) is 2. The topological polar surface area (TPSA) is 379 Å². The lowest BCUT2D eigenvalue weighted by Crippen LogP contribution is -2.65. The van der Waals surface area contributed by atoms with Crippen LogP contribution in [0.2, 0.25) is 0 Å². The molecular weight excluding hydrogens is 935 g/mol. The highest BCUT2D eigenvalue weighted by atomic mass is 16.5. The molecule has 6 aliphatic carbocycles. The van der Waals surface area contributed by atoms with E-state index in [1.54, 1.807) is 20.2 Å². The van der Waals surface area contributed by atoms with Crippen molar-refractivity contribution in [1.29, 1.82) is 0 Å². The molecule has 3 amide bonds. The Morgan fingerprint density at radius 2 is 1.11 bits per heavy atom. The van der Waals surface area contributed by atoms with E-state index in [1.807, 2.05) is 0 Å². The number of aliphatic hydroxyl groups is 6. The fourth-order valence-electron chi connectivity index (χ4n) is 11.7. The van der Waals surface area contributed by atoms with Crippen molar-refractivity contribution in [2.75, 3.05) is 54.5 Å². The van der Waals surface area contributed by atoms with Gasteiger partial charge in [-0.1, -0.05) is 12.1 Å². The number of carbonyl (C=O) groups is 8. The lowest BCUT2D eigenvalue weighted by molar-refractivity contribution is -0.155. The molecule has 0 bridgehead atoms. The number of phenolic OH excluding ortho intramolecular Hbond substituents is 2. The maximum Gasteiger partial charge on any atom is 0.298 e. The van der Waals surface area contributed by atoms with E-state index < -0.39 is 133 Å². The minimum absolute atomic E-state index is 0.000880. The first-order valence-electron chi connectivity index (χ1n) is 22.3. The molecule has 0 spiro atoms. The zero-order valence-electron chi connectivity index (χ0n) is 38.7. The van der Waals surface area contributed by atoms with Crippen molar-refractivity contribution in [2.45, 2.75) is 49.0 Å². The first kappa shape index (κ1) is 50.0. The average molecular weight is 986 g/mol. The number of hydrogen-bond acceptors (Lipinski definition) is 20. The number of rotatable bonds is 7. The monoisotopic (exact) mass is 985 g/mol. The average Bonchev–Trinajstić information content (AvgIpc) is 3.29. The smallest absolute Gasteiger partial charge is 0.298 e.